The molecule has 1 N–H and O–H groups in total. The van der Waals surface area contributed by atoms with Gasteiger partial charge in [0.15, 0.2) is 0 Å². The molecule has 0 spiro atoms. The maximum absolute atomic E-state index is 12.0. The van der Waals surface area contributed by atoms with Gasteiger partial charge in [-0.15, -0.1) is 0 Å². The Labute approximate surface area is 141 Å². The molecule has 1 heterocycles. The standard InChI is InChI=1S/C15H21N3O5S/c1-11-5-7-12(8-6-11)24(20,21)22-9-3-2-4-14-15(23-14)13(19)10-17-18-16/h5-8,13-15,19H,2-4,9-10H2,1H3/t13-,14+,15+/m1/s1. The van der Waals surface area contributed by atoms with E-state index >= 15 is 0 Å². The van der Waals surface area contributed by atoms with Crippen LogP contribution in [0.3, 0.4) is 0 Å². The predicted octanol–water partition coefficient (Wildman–Crippen LogP) is 2.31. The number of aryl methyl sites for hydroxylation is 1. The first-order chi connectivity index (χ1) is 11.4. The molecule has 1 saturated heterocycles. The monoisotopic (exact) mass is 355 g/mol. The van der Waals surface area contributed by atoms with E-state index in [0.717, 1.165) is 12.0 Å². The van der Waals surface area contributed by atoms with Gasteiger partial charge in [0.1, 0.15) is 6.10 Å². The van der Waals surface area contributed by atoms with Crippen molar-refractivity contribution in [3.8, 4) is 0 Å². The highest BCUT2D eigenvalue weighted by molar-refractivity contribution is 7.86. The van der Waals surface area contributed by atoms with Crippen LogP contribution in [0.15, 0.2) is 34.3 Å². The highest BCUT2D eigenvalue weighted by Gasteiger charge is 2.43. The number of nitrogens with zero attached hydrogens (tertiary/aromatic N) is 3. The van der Waals surface area contributed by atoms with Gasteiger partial charge < -0.3 is 9.84 Å². The molecule has 9 heteroatoms. The lowest BCUT2D eigenvalue weighted by Crippen LogP contribution is -2.20. The Morgan fingerprint density at radius 3 is 2.75 bits per heavy atom. The molecule has 8 nitrogen and oxygen atoms in total. The third-order valence-corrected chi connectivity index (χ3v) is 5.09. The Hall–Kier alpha value is -1.64. The van der Waals surface area contributed by atoms with Gasteiger partial charge in [0.2, 0.25) is 0 Å². The number of aliphatic hydroxyl groups is 1. The van der Waals surface area contributed by atoms with E-state index in [-0.39, 0.29) is 30.3 Å². The van der Waals surface area contributed by atoms with Crippen molar-refractivity contribution in [1.82, 2.24) is 0 Å². The first-order valence-corrected chi connectivity index (χ1v) is 9.15. The Bertz CT molecular complexity index is 686. The second kappa shape index (κ2) is 8.46. The number of azide groups is 1. The summed E-state index contributed by atoms with van der Waals surface area (Å²) < 4.78 is 34.3. The molecule has 24 heavy (non-hydrogen) atoms. The molecule has 3 atom stereocenters. The summed E-state index contributed by atoms with van der Waals surface area (Å²) in [6.45, 7) is 1.98. The van der Waals surface area contributed by atoms with Crippen LogP contribution in [-0.2, 0) is 19.0 Å². The van der Waals surface area contributed by atoms with E-state index in [1.54, 1.807) is 12.1 Å². The third kappa shape index (κ3) is 5.47. The summed E-state index contributed by atoms with van der Waals surface area (Å²) in [5, 5.41) is 13.0. The Balaban J connectivity index is 1.63. The maximum atomic E-state index is 12.0. The zero-order valence-electron chi connectivity index (χ0n) is 13.4. The number of epoxide rings is 1. The first-order valence-electron chi connectivity index (χ1n) is 7.74. The minimum atomic E-state index is -3.71. The highest BCUT2D eigenvalue weighted by atomic mass is 32.2. The van der Waals surface area contributed by atoms with E-state index in [4.69, 9.17) is 14.5 Å². The van der Waals surface area contributed by atoms with Crippen molar-refractivity contribution < 1.29 is 22.4 Å². The quantitative estimate of drug-likeness (QED) is 0.172. The van der Waals surface area contributed by atoms with E-state index < -0.39 is 16.2 Å². The normalized spacial score (nSPS) is 21.1. The summed E-state index contributed by atoms with van der Waals surface area (Å²) in [4.78, 5) is 2.74. The molecule has 2 rings (SSSR count). The zero-order valence-corrected chi connectivity index (χ0v) is 14.2. The van der Waals surface area contributed by atoms with E-state index in [1.807, 2.05) is 6.92 Å². The maximum Gasteiger partial charge on any atom is 0.296 e. The third-order valence-electron chi connectivity index (χ3n) is 3.76. The van der Waals surface area contributed by atoms with Crippen molar-refractivity contribution in [2.45, 2.75) is 49.4 Å². The van der Waals surface area contributed by atoms with Crippen molar-refractivity contribution in [3.05, 3.63) is 40.3 Å². The lowest BCUT2D eigenvalue weighted by Gasteiger charge is -2.06. The number of ether oxygens (including phenoxy) is 1. The lowest BCUT2D eigenvalue weighted by molar-refractivity contribution is 0.142. The van der Waals surface area contributed by atoms with Crippen LogP contribution in [-0.4, -0.2) is 45.0 Å². The largest absolute Gasteiger partial charge is 0.390 e. The summed E-state index contributed by atoms with van der Waals surface area (Å²) in [6, 6.07) is 6.50. The fourth-order valence-electron chi connectivity index (χ4n) is 2.34. The molecular formula is C15H21N3O5S. The first kappa shape index (κ1) is 18.7. The smallest absolute Gasteiger partial charge is 0.296 e. The second-order valence-corrected chi connectivity index (χ2v) is 7.32. The van der Waals surface area contributed by atoms with Gasteiger partial charge in [0.05, 0.1) is 30.3 Å². The minimum Gasteiger partial charge on any atom is -0.390 e. The van der Waals surface area contributed by atoms with Gasteiger partial charge >= 0.3 is 0 Å². The van der Waals surface area contributed by atoms with Crippen LogP contribution < -0.4 is 0 Å². The predicted molar refractivity (Wildman–Crippen MR) is 86.8 cm³/mol. The number of hydrogen-bond donors (Lipinski definition) is 1. The molecular weight excluding hydrogens is 334 g/mol. The summed E-state index contributed by atoms with van der Waals surface area (Å²) >= 11 is 0. The van der Waals surface area contributed by atoms with Crippen LogP contribution in [0.5, 0.6) is 0 Å². The highest BCUT2D eigenvalue weighted by Crippen LogP contribution is 2.30. The van der Waals surface area contributed by atoms with E-state index in [0.29, 0.717) is 12.8 Å². The molecule has 0 unspecified atom stereocenters. The molecule has 0 aromatic heterocycles. The van der Waals surface area contributed by atoms with Crippen LogP contribution in [0.1, 0.15) is 24.8 Å². The summed E-state index contributed by atoms with van der Waals surface area (Å²) in [7, 11) is -3.71. The molecule has 0 saturated carbocycles. The van der Waals surface area contributed by atoms with Gasteiger partial charge in [-0.3, -0.25) is 4.18 Å². The summed E-state index contributed by atoms with van der Waals surface area (Å²) in [6.07, 6.45) is 0.842. The minimum absolute atomic E-state index is 0.00439. The second-order valence-electron chi connectivity index (χ2n) is 5.70. The molecule has 1 fully saturated rings. The Kier molecular flexibility index (Phi) is 6.59. The molecule has 1 aliphatic heterocycles. The Morgan fingerprint density at radius 1 is 1.38 bits per heavy atom. The van der Waals surface area contributed by atoms with Crippen LogP contribution in [0.25, 0.3) is 10.4 Å². The van der Waals surface area contributed by atoms with Crippen molar-refractivity contribution in [3.63, 3.8) is 0 Å². The Morgan fingerprint density at radius 2 is 2.08 bits per heavy atom. The van der Waals surface area contributed by atoms with Crippen molar-refractivity contribution in [1.29, 1.82) is 0 Å². The molecule has 1 aromatic rings. The molecule has 1 aromatic carbocycles. The van der Waals surface area contributed by atoms with E-state index in [9.17, 15) is 13.5 Å². The van der Waals surface area contributed by atoms with Crippen molar-refractivity contribution in [2.24, 2.45) is 5.11 Å². The lowest BCUT2D eigenvalue weighted by atomic mass is 10.1. The van der Waals surface area contributed by atoms with Crippen LogP contribution >= 0.6 is 0 Å². The number of rotatable bonds is 10. The molecule has 1 aliphatic rings. The van der Waals surface area contributed by atoms with Gasteiger partial charge in [-0.2, -0.15) is 8.42 Å². The van der Waals surface area contributed by atoms with Gasteiger partial charge in [-0.1, -0.05) is 22.8 Å². The number of unbranched alkanes of at least 4 members (excludes halogenated alkanes) is 1. The molecule has 0 amide bonds. The summed E-state index contributed by atoms with van der Waals surface area (Å²) in [5.41, 5.74) is 9.17. The summed E-state index contributed by atoms with van der Waals surface area (Å²) in [5.74, 6) is 0. The average molecular weight is 355 g/mol. The number of hydrogen-bond acceptors (Lipinski definition) is 6. The van der Waals surface area contributed by atoms with Crippen LogP contribution in [0.4, 0.5) is 0 Å². The molecule has 0 bridgehead atoms. The van der Waals surface area contributed by atoms with Crippen molar-refractivity contribution in [2.75, 3.05) is 13.2 Å². The fourth-order valence-corrected chi connectivity index (χ4v) is 3.28. The fraction of sp³-hybridized carbons (Fsp3) is 0.600. The van der Waals surface area contributed by atoms with Crippen molar-refractivity contribution >= 4 is 10.1 Å². The zero-order chi connectivity index (χ0) is 17.6. The number of aliphatic hydroxyl groups excluding tert-OH is 1. The topological polar surface area (TPSA) is 125 Å². The van der Waals surface area contributed by atoms with Crippen LogP contribution in [0.2, 0.25) is 0 Å². The van der Waals surface area contributed by atoms with Gasteiger partial charge in [0.25, 0.3) is 10.1 Å². The van der Waals surface area contributed by atoms with Crippen LogP contribution in [0, 0.1) is 6.92 Å². The number of benzene rings is 1. The molecule has 0 aliphatic carbocycles. The molecule has 132 valence electrons. The SMILES string of the molecule is Cc1ccc(S(=O)(=O)OCCCC[C@@H]2O[C@H]2[C@H](O)CN=[N+]=[N-])cc1. The van der Waals surface area contributed by atoms with Gasteiger partial charge in [0, 0.05) is 4.91 Å². The van der Waals surface area contributed by atoms with E-state index in [2.05, 4.69) is 10.0 Å². The molecule has 0 radical (unpaired) electrons. The van der Waals surface area contributed by atoms with E-state index in [1.165, 1.54) is 12.1 Å². The average Bonchev–Trinajstić information content (AvgIpc) is 3.32. The van der Waals surface area contributed by atoms with Gasteiger partial charge in [-0.05, 0) is 43.9 Å². The van der Waals surface area contributed by atoms with Gasteiger partial charge in [-0.25, -0.2) is 0 Å².